The van der Waals surface area contributed by atoms with Crippen LogP contribution in [0, 0.1) is 0 Å². The third-order valence-corrected chi connectivity index (χ3v) is 4.57. The van der Waals surface area contributed by atoms with Crippen LogP contribution < -0.4 is 20.7 Å². The monoisotopic (exact) mass is 439 g/mol. The highest BCUT2D eigenvalue weighted by atomic mass is 16.6. The van der Waals surface area contributed by atoms with Gasteiger partial charge in [-0.05, 0) is 45.7 Å². The predicted molar refractivity (Wildman–Crippen MR) is 117 cm³/mol. The van der Waals surface area contributed by atoms with Crippen molar-refractivity contribution in [2.24, 2.45) is 5.73 Å². The molecule has 0 bridgehead atoms. The number of pyridine rings is 1. The van der Waals surface area contributed by atoms with Crippen LogP contribution in [0.25, 0.3) is 5.65 Å². The number of carbonyl (C=O) groups excluding carboxylic acids is 2. The Hall–Kier alpha value is -3.89. The summed E-state index contributed by atoms with van der Waals surface area (Å²) in [6, 6.07) is 5.18. The maximum atomic E-state index is 12.7. The Bertz CT molecular complexity index is 1180. The molecule has 0 saturated heterocycles. The largest absolute Gasteiger partial charge is 0.473 e. The van der Waals surface area contributed by atoms with Gasteiger partial charge in [-0.1, -0.05) is 0 Å². The number of rotatable bonds is 6. The average Bonchev–Trinajstić information content (AvgIpc) is 3.42. The minimum absolute atomic E-state index is 0.119. The molecule has 3 aromatic heterocycles. The van der Waals surface area contributed by atoms with Gasteiger partial charge in [0.1, 0.15) is 34.6 Å². The molecule has 1 aliphatic rings. The third kappa shape index (κ3) is 4.56. The minimum atomic E-state index is -0.689. The van der Waals surface area contributed by atoms with Gasteiger partial charge < -0.3 is 20.5 Å². The molecule has 3 heterocycles. The van der Waals surface area contributed by atoms with E-state index in [0.717, 1.165) is 12.8 Å². The van der Waals surface area contributed by atoms with E-state index in [4.69, 9.17) is 15.2 Å². The van der Waals surface area contributed by atoms with Crippen LogP contribution in [0.15, 0.2) is 30.6 Å². The van der Waals surface area contributed by atoms with Gasteiger partial charge in [0.15, 0.2) is 5.65 Å². The lowest BCUT2D eigenvalue weighted by atomic mass is 10.2. The summed E-state index contributed by atoms with van der Waals surface area (Å²) in [5, 5.41) is 7.36. The fourth-order valence-electron chi connectivity index (χ4n) is 2.91. The molecule has 1 fully saturated rings. The van der Waals surface area contributed by atoms with Crippen molar-refractivity contribution in [3.05, 3.63) is 36.2 Å². The summed E-state index contributed by atoms with van der Waals surface area (Å²) in [5.74, 6) is 0.435. The van der Waals surface area contributed by atoms with E-state index in [0.29, 0.717) is 23.2 Å². The maximum Gasteiger partial charge on any atom is 0.415 e. The summed E-state index contributed by atoms with van der Waals surface area (Å²) >= 11 is 0. The molecule has 32 heavy (non-hydrogen) atoms. The standard InChI is InChI=1S/C21H25N7O4/c1-21(2,3)32-20(30)27(4)16-10-15(26-18-13(17(22)29)11-24-28(16)18)25-14-6-5-9-23-19(14)31-12-7-8-12/h5-6,9-12H,7-8H2,1-4H3,(H2,22,29)(H,25,26). The zero-order chi connectivity index (χ0) is 23.0. The van der Waals surface area contributed by atoms with Crippen molar-refractivity contribution >= 4 is 35.0 Å². The van der Waals surface area contributed by atoms with Crippen LogP contribution in [0.3, 0.4) is 0 Å². The second kappa shape index (κ2) is 7.98. The van der Waals surface area contributed by atoms with Crippen molar-refractivity contribution in [3.63, 3.8) is 0 Å². The van der Waals surface area contributed by atoms with Gasteiger partial charge in [0.2, 0.25) is 5.88 Å². The Morgan fingerprint density at radius 3 is 2.72 bits per heavy atom. The number of fused-ring (bicyclic) bond motifs is 1. The average molecular weight is 439 g/mol. The van der Waals surface area contributed by atoms with E-state index in [1.165, 1.54) is 15.6 Å². The number of amides is 2. The Morgan fingerprint density at radius 2 is 2.06 bits per heavy atom. The molecule has 0 spiro atoms. The van der Waals surface area contributed by atoms with Crippen LogP contribution in [0.5, 0.6) is 5.88 Å². The van der Waals surface area contributed by atoms with Crippen LogP contribution in [-0.4, -0.2) is 50.3 Å². The molecule has 168 valence electrons. The summed E-state index contributed by atoms with van der Waals surface area (Å²) in [7, 11) is 1.55. The second-order valence-corrected chi connectivity index (χ2v) is 8.50. The molecular formula is C21H25N7O4. The molecule has 11 heteroatoms. The van der Waals surface area contributed by atoms with E-state index in [1.54, 1.807) is 52.2 Å². The molecule has 11 nitrogen and oxygen atoms in total. The Balaban J connectivity index is 1.76. The SMILES string of the molecule is CN(C(=O)OC(C)(C)C)c1cc(Nc2cccnc2OC2CC2)nc2c(C(N)=O)cnn12. The van der Waals surface area contributed by atoms with E-state index >= 15 is 0 Å². The number of hydrogen-bond acceptors (Lipinski definition) is 8. The highest BCUT2D eigenvalue weighted by Crippen LogP contribution is 2.32. The predicted octanol–water partition coefficient (Wildman–Crippen LogP) is 2.88. The molecule has 0 radical (unpaired) electrons. The third-order valence-electron chi connectivity index (χ3n) is 4.57. The lowest BCUT2D eigenvalue weighted by Crippen LogP contribution is -2.35. The van der Waals surface area contributed by atoms with Crippen LogP contribution in [0.4, 0.5) is 22.1 Å². The van der Waals surface area contributed by atoms with Crippen molar-refractivity contribution in [1.82, 2.24) is 19.6 Å². The van der Waals surface area contributed by atoms with Crippen LogP contribution in [0.1, 0.15) is 44.0 Å². The zero-order valence-corrected chi connectivity index (χ0v) is 18.3. The first-order chi connectivity index (χ1) is 15.1. The molecule has 3 aromatic rings. The van der Waals surface area contributed by atoms with Gasteiger partial charge in [-0.3, -0.25) is 9.69 Å². The van der Waals surface area contributed by atoms with Gasteiger partial charge in [-0.2, -0.15) is 9.61 Å². The van der Waals surface area contributed by atoms with Gasteiger partial charge >= 0.3 is 6.09 Å². The molecule has 2 amide bonds. The number of hydrogen-bond donors (Lipinski definition) is 2. The molecule has 1 aliphatic carbocycles. The number of primary amides is 1. The zero-order valence-electron chi connectivity index (χ0n) is 18.3. The Labute approximate surface area is 184 Å². The van der Waals surface area contributed by atoms with Gasteiger partial charge in [-0.25, -0.2) is 14.8 Å². The van der Waals surface area contributed by atoms with E-state index < -0.39 is 17.6 Å². The molecule has 0 aromatic carbocycles. The number of anilines is 3. The molecule has 3 N–H and O–H groups in total. The number of aromatic nitrogens is 4. The molecule has 4 rings (SSSR count). The topological polar surface area (TPSA) is 137 Å². The fourth-order valence-corrected chi connectivity index (χ4v) is 2.91. The highest BCUT2D eigenvalue weighted by Gasteiger charge is 2.27. The van der Waals surface area contributed by atoms with E-state index in [-0.39, 0.29) is 17.3 Å². The first-order valence-electron chi connectivity index (χ1n) is 10.2. The first-order valence-corrected chi connectivity index (χ1v) is 10.2. The van der Waals surface area contributed by atoms with Crippen molar-refractivity contribution < 1.29 is 19.1 Å². The van der Waals surface area contributed by atoms with Gasteiger partial charge in [0.05, 0.1) is 6.20 Å². The summed E-state index contributed by atoms with van der Waals surface area (Å²) in [4.78, 5) is 34.7. The van der Waals surface area contributed by atoms with Crippen LogP contribution in [-0.2, 0) is 4.74 Å². The van der Waals surface area contributed by atoms with Gasteiger partial charge in [0.25, 0.3) is 5.91 Å². The summed E-state index contributed by atoms with van der Waals surface area (Å²) in [6.45, 7) is 5.32. The maximum absolute atomic E-state index is 12.7. The number of nitrogens with two attached hydrogens (primary N) is 1. The van der Waals surface area contributed by atoms with Crippen molar-refractivity contribution in [2.45, 2.75) is 45.3 Å². The summed E-state index contributed by atoms with van der Waals surface area (Å²) < 4.78 is 12.7. The lowest BCUT2D eigenvalue weighted by Gasteiger charge is -2.25. The Morgan fingerprint density at radius 1 is 1.31 bits per heavy atom. The number of nitrogens with one attached hydrogen (secondary N) is 1. The quantitative estimate of drug-likeness (QED) is 0.598. The molecule has 0 atom stereocenters. The number of carbonyl (C=O) groups is 2. The fraction of sp³-hybridized carbons (Fsp3) is 0.381. The smallest absolute Gasteiger partial charge is 0.415 e. The molecule has 0 aliphatic heterocycles. The van der Waals surface area contributed by atoms with E-state index in [9.17, 15) is 9.59 Å². The van der Waals surface area contributed by atoms with Gasteiger partial charge in [-0.15, -0.1) is 0 Å². The number of ether oxygens (including phenoxy) is 2. The van der Waals surface area contributed by atoms with Gasteiger partial charge in [0, 0.05) is 19.3 Å². The molecular weight excluding hydrogens is 414 g/mol. The summed E-state index contributed by atoms with van der Waals surface area (Å²) in [5.41, 5.74) is 5.72. The summed E-state index contributed by atoms with van der Waals surface area (Å²) in [6.07, 6.45) is 4.50. The van der Waals surface area contributed by atoms with Crippen molar-refractivity contribution in [1.29, 1.82) is 0 Å². The normalized spacial score (nSPS) is 13.6. The van der Waals surface area contributed by atoms with E-state index in [1.807, 2.05) is 0 Å². The lowest BCUT2D eigenvalue weighted by molar-refractivity contribution is 0.0587. The first kappa shape index (κ1) is 21.3. The van der Waals surface area contributed by atoms with Crippen LogP contribution >= 0.6 is 0 Å². The molecule has 0 unspecified atom stereocenters. The van der Waals surface area contributed by atoms with Crippen LogP contribution in [0.2, 0.25) is 0 Å². The Kier molecular flexibility index (Phi) is 5.33. The van der Waals surface area contributed by atoms with Crippen molar-refractivity contribution in [3.8, 4) is 5.88 Å². The minimum Gasteiger partial charge on any atom is -0.473 e. The molecule has 1 saturated carbocycles. The van der Waals surface area contributed by atoms with E-state index in [2.05, 4.69) is 20.4 Å². The number of nitrogens with zero attached hydrogens (tertiary/aromatic N) is 5. The second-order valence-electron chi connectivity index (χ2n) is 8.50. The highest BCUT2D eigenvalue weighted by molar-refractivity contribution is 5.99. The van der Waals surface area contributed by atoms with Crippen molar-refractivity contribution in [2.75, 3.05) is 17.3 Å².